The molecule has 0 saturated carbocycles. The summed E-state index contributed by atoms with van der Waals surface area (Å²) in [6.45, 7) is 4.79. The minimum atomic E-state index is 0.717. The lowest BCUT2D eigenvalue weighted by Gasteiger charge is -2.43. The summed E-state index contributed by atoms with van der Waals surface area (Å²) in [6.07, 6.45) is 7.82. The van der Waals surface area contributed by atoms with E-state index in [9.17, 15) is 0 Å². The fraction of sp³-hybridized carbons (Fsp3) is 0.769. The van der Waals surface area contributed by atoms with Crippen molar-refractivity contribution in [1.29, 1.82) is 0 Å². The third kappa shape index (κ3) is 1.67. The highest BCUT2D eigenvalue weighted by Gasteiger charge is 2.36. The second-order valence-electron chi connectivity index (χ2n) is 5.14. The van der Waals surface area contributed by atoms with Crippen LogP contribution in [0.25, 0.3) is 0 Å². The summed E-state index contributed by atoms with van der Waals surface area (Å²) in [4.78, 5) is 7.00. The third-order valence-electron chi connectivity index (χ3n) is 4.12. The number of likely N-dealkylation sites (tertiary alicyclic amines) is 1. The molecule has 3 nitrogen and oxygen atoms in total. The van der Waals surface area contributed by atoms with Gasteiger partial charge in [0.15, 0.2) is 6.39 Å². The molecule has 1 aromatic heterocycles. The zero-order chi connectivity index (χ0) is 11.0. The highest BCUT2D eigenvalue weighted by Crippen LogP contribution is 2.34. The lowest BCUT2D eigenvalue weighted by molar-refractivity contribution is 0.0798. The van der Waals surface area contributed by atoms with Crippen LogP contribution in [0, 0.1) is 5.92 Å². The normalized spacial score (nSPS) is 29.8. The molecule has 1 aliphatic heterocycles. The first-order chi connectivity index (χ1) is 7.88. The number of piperidine rings is 1. The Morgan fingerprint density at radius 3 is 3.31 bits per heavy atom. The van der Waals surface area contributed by atoms with E-state index in [0.717, 1.165) is 24.5 Å². The van der Waals surface area contributed by atoms with Gasteiger partial charge < -0.3 is 4.42 Å². The molecule has 0 amide bonds. The number of nitrogens with zero attached hydrogens (tertiary/aromatic N) is 2. The summed E-state index contributed by atoms with van der Waals surface area (Å²) in [7, 11) is 0. The molecule has 88 valence electrons. The molecule has 1 aliphatic carbocycles. The van der Waals surface area contributed by atoms with E-state index >= 15 is 0 Å². The molecular formula is C13H20N2O. The molecular weight excluding hydrogens is 200 g/mol. The van der Waals surface area contributed by atoms with Crippen molar-refractivity contribution in [3.05, 3.63) is 17.8 Å². The summed E-state index contributed by atoms with van der Waals surface area (Å²) < 4.78 is 5.49. The quantitative estimate of drug-likeness (QED) is 0.765. The standard InChI is InChI=1S/C13H20N2O/c1-2-5-15-6-3-4-10-7-11-13(8-12(10)15)16-9-14-11/h9-10,12H,2-8H2,1H3/t10-,12-/m1/s1. The van der Waals surface area contributed by atoms with Crippen molar-refractivity contribution < 1.29 is 4.42 Å². The van der Waals surface area contributed by atoms with Crippen LogP contribution in [0.4, 0.5) is 0 Å². The van der Waals surface area contributed by atoms with Crippen LogP contribution in [0.2, 0.25) is 0 Å². The molecule has 1 saturated heterocycles. The molecule has 3 heteroatoms. The van der Waals surface area contributed by atoms with Gasteiger partial charge in [-0.25, -0.2) is 4.98 Å². The first-order valence-corrected chi connectivity index (χ1v) is 6.53. The molecule has 0 aromatic carbocycles. The fourth-order valence-electron chi connectivity index (χ4n) is 3.38. The van der Waals surface area contributed by atoms with Crippen LogP contribution in [-0.2, 0) is 12.8 Å². The maximum Gasteiger partial charge on any atom is 0.181 e. The summed E-state index contributed by atoms with van der Waals surface area (Å²) in [5, 5.41) is 0. The Morgan fingerprint density at radius 2 is 2.44 bits per heavy atom. The number of oxazole rings is 1. The van der Waals surface area contributed by atoms with Gasteiger partial charge in [-0.05, 0) is 44.7 Å². The number of hydrogen-bond donors (Lipinski definition) is 0. The van der Waals surface area contributed by atoms with Crippen molar-refractivity contribution in [1.82, 2.24) is 9.88 Å². The van der Waals surface area contributed by atoms with Gasteiger partial charge in [-0.3, -0.25) is 4.90 Å². The smallest absolute Gasteiger partial charge is 0.181 e. The minimum absolute atomic E-state index is 0.717. The van der Waals surface area contributed by atoms with Crippen LogP contribution < -0.4 is 0 Å². The van der Waals surface area contributed by atoms with Gasteiger partial charge in [0.25, 0.3) is 0 Å². The molecule has 1 fully saturated rings. The van der Waals surface area contributed by atoms with E-state index in [2.05, 4.69) is 16.8 Å². The van der Waals surface area contributed by atoms with E-state index < -0.39 is 0 Å². The Labute approximate surface area is 96.8 Å². The maximum atomic E-state index is 5.49. The zero-order valence-corrected chi connectivity index (χ0v) is 9.98. The van der Waals surface area contributed by atoms with Crippen molar-refractivity contribution in [3.8, 4) is 0 Å². The highest BCUT2D eigenvalue weighted by atomic mass is 16.3. The second-order valence-corrected chi connectivity index (χ2v) is 5.14. The van der Waals surface area contributed by atoms with Crippen molar-refractivity contribution in [3.63, 3.8) is 0 Å². The molecule has 0 N–H and O–H groups in total. The van der Waals surface area contributed by atoms with E-state index in [1.165, 1.54) is 38.0 Å². The van der Waals surface area contributed by atoms with Crippen LogP contribution in [0.3, 0.4) is 0 Å². The van der Waals surface area contributed by atoms with Gasteiger partial charge in [-0.1, -0.05) is 6.92 Å². The van der Waals surface area contributed by atoms with Gasteiger partial charge >= 0.3 is 0 Å². The molecule has 0 bridgehead atoms. The minimum Gasteiger partial charge on any atom is -0.448 e. The maximum absolute atomic E-state index is 5.49. The predicted octanol–water partition coefficient (Wildman–Crippen LogP) is 2.26. The molecule has 0 unspecified atom stereocenters. The third-order valence-corrected chi connectivity index (χ3v) is 4.12. The van der Waals surface area contributed by atoms with Gasteiger partial charge in [0, 0.05) is 12.5 Å². The van der Waals surface area contributed by atoms with E-state index in [0.29, 0.717) is 6.04 Å². The topological polar surface area (TPSA) is 29.3 Å². The molecule has 0 spiro atoms. The number of rotatable bonds is 2. The van der Waals surface area contributed by atoms with Crippen molar-refractivity contribution in [2.75, 3.05) is 13.1 Å². The van der Waals surface area contributed by atoms with Gasteiger partial charge in [-0.15, -0.1) is 0 Å². The molecule has 3 rings (SSSR count). The Morgan fingerprint density at radius 1 is 1.50 bits per heavy atom. The van der Waals surface area contributed by atoms with Crippen LogP contribution in [-0.4, -0.2) is 29.0 Å². The monoisotopic (exact) mass is 220 g/mol. The average molecular weight is 220 g/mol. The van der Waals surface area contributed by atoms with Crippen molar-refractivity contribution in [2.24, 2.45) is 5.92 Å². The Bertz CT molecular complexity index is 359. The van der Waals surface area contributed by atoms with Crippen LogP contribution >= 0.6 is 0 Å². The first kappa shape index (κ1) is 10.3. The molecule has 2 aliphatic rings. The number of aromatic nitrogens is 1. The summed E-state index contributed by atoms with van der Waals surface area (Å²) in [5.41, 5.74) is 1.22. The van der Waals surface area contributed by atoms with E-state index in [4.69, 9.17) is 4.42 Å². The lowest BCUT2D eigenvalue weighted by atomic mass is 9.79. The molecule has 1 aromatic rings. The van der Waals surface area contributed by atoms with E-state index in [1.807, 2.05) is 0 Å². The Kier molecular flexibility index (Phi) is 2.72. The lowest BCUT2D eigenvalue weighted by Crippen LogP contribution is -2.49. The van der Waals surface area contributed by atoms with Crippen molar-refractivity contribution in [2.45, 2.75) is 45.1 Å². The fourth-order valence-corrected chi connectivity index (χ4v) is 3.38. The Balaban J connectivity index is 1.81. The summed E-state index contributed by atoms with van der Waals surface area (Å²) in [6, 6.07) is 0.717. The molecule has 2 atom stereocenters. The van der Waals surface area contributed by atoms with E-state index in [-0.39, 0.29) is 0 Å². The largest absolute Gasteiger partial charge is 0.448 e. The van der Waals surface area contributed by atoms with Gasteiger partial charge in [-0.2, -0.15) is 0 Å². The molecule has 0 radical (unpaired) electrons. The highest BCUT2D eigenvalue weighted by molar-refractivity contribution is 5.16. The van der Waals surface area contributed by atoms with Gasteiger partial charge in [0.2, 0.25) is 0 Å². The Hall–Kier alpha value is -0.830. The van der Waals surface area contributed by atoms with Crippen LogP contribution in [0.5, 0.6) is 0 Å². The summed E-state index contributed by atoms with van der Waals surface area (Å²) >= 11 is 0. The SMILES string of the molecule is CCCN1CCC[C@@H]2Cc3ncoc3C[C@H]21. The second kappa shape index (κ2) is 4.21. The van der Waals surface area contributed by atoms with Crippen LogP contribution in [0.1, 0.15) is 37.6 Å². The first-order valence-electron chi connectivity index (χ1n) is 6.53. The van der Waals surface area contributed by atoms with Crippen LogP contribution in [0.15, 0.2) is 10.8 Å². The van der Waals surface area contributed by atoms with E-state index in [1.54, 1.807) is 6.39 Å². The zero-order valence-electron chi connectivity index (χ0n) is 9.98. The number of hydrogen-bond acceptors (Lipinski definition) is 3. The molecule has 2 heterocycles. The summed E-state index contributed by atoms with van der Waals surface area (Å²) in [5.74, 6) is 1.96. The predicted molar refractivity (Wildman–Crippen MR) is 62.3 cm³/mol. The molecule has 16 heavy (non-hydrogen) atoms. The van der Waals surface area contributed by atoms with Gasteiger partial charge in [0.1, 0.15) is 5.76 Å². The van der Waals surface area contributed by atoms with Crippen molar-refractivity contribution >= 4 is 0 Å². The van der Waals surface area contributed by atoms with Gasteiger partial charge in [0.05, 0.1) is 5.69 Å². The average Bonchev–Trinajstić information content (AvgIpc) is 2.74. The number of fused-ring (bicyclic) bond motifs is 2.